The minimum absolute atomic E-state index is 0.311. The van der Waals surface area contributed by atoms with Crippen LogP contribution >= 0.6 is 11.3 Å². The number of methoxy groups -OCH3 is 1. The van der Waals surface area contributed by atoms with Gasteiger partial charge in [-0.15, -0.1) is 0 Å². The summed E-state index contributed by atoms with van der Waals surface area (Å²) in [4.78, 5) is 17.6. The second kappa shape index (κ2) is 4.51. The topological polar surface area (TPSA) is 43.6 Å². The highest BCUT2D eigenvalue weighted by Gasteiger charge is 2.18. The van der Waals surface area contributed by atoms with E-state index in [1.54, 1.807) is 0 Å². The molecule has 0 aliphatic heterocycles. The van der Waals surface area contributed by atoms with E-state index in [1.165, 1.54) is 18.4 Å². The fourth-order valence-electron chi connectivity index (χ4n) is 1.98. The first-order valence-corrected chi connectivity index (χ1v) is 6.64. The Hall–Kier alpha value is -2.14. The number of esters is 1. The number of rotatable bonds is 2. The third kappa shape index (κ3) is 1.92. The summed E-state index contributed by atoms with van der Waals surface area (Å²) >= 11 is 1.35. The van der Waals surface area contributed by atoms with Gasteiger partial charge in [0.2, 0.25) is 0 Å². The van der Waals surface area contributed by atoms with Gasteiger partial charge in [-0.05, 0) is 6.92 Å². The van der Waals surface area contributed by atoms with Gasteiger partial charge in [-0.25, -0.2) is 9.78 Å². The van der Waals surface area contributed by atoms with Crippen molar-refractivity contribution in [2.75, 3.05) is 7.11 Å². The van der Waals surface area contributed by atoms with E-state index >= 15 is 0 Å². The van der Waals surface area contributed by atoms with Gasteiger partial charge in [-0.2, -0.15) is 0 Å². The Morgan fingerprint density at radius 1 is 1.32 bits per heavy atom. The molecule has 0 amide bonds. The Bertz CT molecular complexity index is 743. The summed E-state index contributed by atoms with van der Waals surface area (Å²) in [5, 5.41) is 0. The van der Waals surface area contributed by atoms with Crippen LogP contribution in [0.5, 0.6) is 0 Å². The molecule has 0 bridgehead atoms. The predicted octanol–water partition coefficient (Wildman–Crippen LogP) is 3.16. The molecule has 2 aromatic heterocycles. The molecule has 4 nitrogen and oxygen atoms in total. The molecule has 19 heavy (non-hydrogen) atoms. The van der Waals surface area contributed by atoms with E-state index in [-0.39, 0.29) is 5.97 Å². The summed E-state index contributed by atoms with van der Waals surface area (Å²) < 4.78 is 6.69. The maximum absolute atomic E-state index is 11.6. The Labute approximate surface area is 114 Å². The van der Waals surface area contributed by atoms with Crippen LogP contribution in [-0.2, 0) is 4.74 Å². The van der Waals surface area contributed by atoms with E-state index in [0.717, 1.165) is 21.9 Å². The molecule has 0 saturated carbocycles. The van der Waals surface area contributed by atoms with Gasteiger partial charge >= 0.3 is 5.97 Å². The van der Waals surface area contributed by atoms with Crippen molar-refractivity contribution in [3.8, 4) is 11.3 Å². The monoisotopic (exact) mass is 272 g/mol. The molecule has 0 spiro atoms. The van der Waals surface area contributed by atoms with Gasteiger partial charge in [0.1, 0.15) is 4.88 Å². The number of carbonyl (C=O) groups excluding carboxylic acids is 1. The van der Waals surface area contributed by atoms with Crippen LogP contribution in [0.3, 0.4) is 0 Å². The fourth-order valence-corrected chi connectivity index (χ4v) is 3.01. The molecule has 0 saturated heterocycles. The number of imidazole rings is 1. The van der Waals surface area contributed by atoms with Crippen molar-refractivity contribution in [1.82, 2.24) is 9.38 Å². The molecule has 3 aromatic rings. The van der Waals surface area contributed by atoms with Crippen molar-refractivity contribution in [1.29, 1.82) is 0 Å². The molecule has 0 fully saturated rings. The summed E-state index contributed by atoms with van der Waals surface area (Å²) in [6, 6.07) is 9.97. The molecule has 0 aliphatic rings. The summed E-state index contributed by atoms with van der Waals surface area (Å²) in [5.41, 5.74) is 2.84. The maximum atomic E-state index is 11.6. The average molecular weight is 272 g/mol. The zero-order valence-electron chi connectivity index (χ0n) is 10.6. The molecule has 1 aromatic carbocycles. The lowest BCUT2D eigenvalue weighted by atomic mass is 10.2. The minimum Gasteiger partial charge on any atom is -0.465 e. The Morgan fingerprint density at radius 3 is 2.68 bits per heavy atom. The number of thiazole rings is 1. The lowest BCUT2D eigenvalue weighted by Gasteiger charge is -1.97. The van der Waals surface area contributed by atoms with Gasteiger partial charge in [-0.1, -0.05) is 41.7 Å². The van der Waals surface area contributed by atoms with E-state index in [2.05, 4.69) is 4.98 Å². The number of fused-ring (bicyclic) bond motifs is 1. The van der Waals surface area contributed by atoms with Crippen LogP contribution < -0.4 is 0 Å². The molecule has 3 rings (SSSR count). The van der Waals surface area contributed by atoms with E-state index in [9.17, 15) is 4.79 Å². The number of hydrogen-bond donors (Lipinski definition) is 0. The number of nitrogens with zero attached hydrogens (tertiary/aromatic N) is 2. The van der Waals surface area contributed by atoms with Gasteiger partial charge < -0.3 is 4.74 Å². The summed E-state index contributed by atoms with van der Waals surface area (Å²) in [5.74, 6) is -0.311. The van der Waals surface area contributed by atoms with Crippen molar-refractivity contribution in [2.24, 2.45) is 0 Å². The largest absolute Gasteiger partial charge is 0.465 e. The van der Waals surface area contributed by atoms with Crippen LogP contribution in [0.1, 0.15) is 15.4 Å². The van der Waals surface area contributed by atoms with Crippen LogP contribution in [-0.4, -0.2) is 22.5 Å². The molecule has 0 radical (unpaired) electrons. The number of ether oxygens (including phenoxy) is 1. The molecule has 96 valence electrons. The third-order valence-corrected chi connectivity index (χ3v) is 4.13. The van der Waals surface area contributed by atoms with Crippen molar-refractivity contribution < 1.29 is 9.53 Å². The van der Waals surface area contributed by atoms with Crippen LogP contribution in [0, 0.1) is 6.92 Å². The van der Waals surface area contributed by atoms with Gasteiger partial charge in [0.15, 0.2) is 4.96 Å². The summed E-state index contributed by atoms with van der Waals surface area (Å²) in [7, 11) is 1.39. The Morgan fingerprint density at radius 2 is 2.05 bits per heavy atom. The first kappa shape index (κ1) is 11.9. The van der Waals surface area contributed by atoms with Gasteiger partial charge in [-0.3, -0.25) is 4.40 Å². The molecular formula is C14H12N2O2S. The summed E-state index contributed by atoms with van der Waals surface area (Å²) in [6.07, 6.45) is 1.95. The van der Waals surface area contributed by atoms with E-state index in [4.69, 9.17) is 4.74 Å². The molecule has 0 N–H and O–H groups in total. The quantitative estimate of drug-likeness (QED) is 0.673. The lowest BCUT2D eigenvalue weighted by Crippen LogP contribution is -2.01. The zero-order chi connectivity index (χ0) is 13.4. The number of aromatic nitrogens is 2. The second-order valence-corrected chi connectivity index (χ2v) is 5.13. The smallest absolute Gasteiger partial charge is 0.349 e. The highest BCUT2D eigenvalue weighted by atomic mass is 32.1. The lowest BCUT2D eigenvalue weighted by molar-refractivity contribution is 0.0605. The fraction of sp³-hybridized carbons (Fsp3) is 0.143. The summed E-state index contributed by atoms with van der Waals surface area (Å²) in [6.45, 7) is 1.90. The van der Waals surface area contributed by atoms with Crippen molar-refractivity contribution in [3.63, 3.8) is 0 Å². The van der Waals surface area contributed by atoms with Crippen molar-refractivity contribution in [2.45, 2.75) is 6.92 Å². The van der Waals surface area contributed by atoms with Gasteiger partial charge in [0.05, 0.1) is 12.8 Å². The van der Waals surface area contributed by atoms with Gasteiger partial charge in [0.25, 0.3) is 0 Å². The number of hydrogen-bond acceptors (Lipinski definition) is 4. The van der Waals surface area contributed by atoms with Crippen LogP contribution in [0.2, 0.25) is 0 Å². The minimum atomic E-state index is -0.311. The van der Waals surface area contributed by atoms with Crippen molar-refractivity contribution >= 4 is 22.3 Å². The van der Waals surface area contributed by atoms with E-state index in [0.29, 0.717) is 4.88 Å². The van der Waals surface area contributed by atoms with Crippen molar-refractivity contribution in [3.05, 3.63) is 47.1 Å². The van der Waals surface area contributed by atoms with Gasteiger partial charge in [0, 0.05) is 17.5 Å². The maximum Gasteiger partial charge on any atom is 0.349 e. The second-order valence-electron chi connectivity index (χ2n) is 4.15. The third-order valence-electron chi connectivity index (χ3n) is 3.00. The van der Waals surface area contributed by atoms with E-state index in [1.807, 2.05) is 47.9 Å². The van der Waals surface area contributed by atoms with Crippen LogP contribution in [0.4, 0.5) is 0 Å². The highest BCUT2D eigenvalue weighted by Crippen LogP contribution is 2.27. The molecule has 0 aliphatic carbocycles. The highest BCUT2D eigenvalue weighted by molar-refractivity contribution is 7.19. The van der Waals surface area contributed by atoms with Crippen LogP contribution in [0.15, 0.2) is 36.5 Å². The molecule has 2 heterocycles. The standard InChI is InChI=1S/C14H12N2O2S/c1-9-12(13(17)18-2)19-14-15-11(8-16(9)14)10-6-4-3-5-7-10/h3-8H,1-2H3. The zero-order valence-corrected chi connectivity index (χ0v) is 11.4. The number of carbonyl (C=O) groups is 1. The normalized spacial score (nSPS) is 10.8. The first-order chi connectivity index (χ1) is 9.20. The first-order valence-electron chi connectivity index (χ1n) is 5.83. The molecule has 5 heteroatoms. The number of aryl methyl sites for hydroxylation is 1. The molecular weight excluding hydrogens is 260 g/mol. The Kier molecular flexibility index (Phi) is 2.83. The number of benzene rings is 1. The van der Waals surface area contributed by atoms with E-state index < -0.39 is 0 Å². The Balaban J connectivity index is 2.12. The molecule has 0 atom stereocenters. The predicted molar refractivity (Wildman–Crippen MR) is 74.6 cm³/mol. The average Bonchev–Trinajstić information content (AvgIpc) is 2.99. The SMILES string of the molecule is COC(=O)c1sc2nc(-c3ccccc3)cn2c1C. The van der Waals surface area contributed by atoms with Crippen LogP contribution in [0.25, 0.3) is 16.2 Å². The molecule has 0 unspecified atom stereocenters.